The second-order valence-corrected chi connectivity index (χ2v) is 4.86. The van der Waals surface area contributed by atoms with E-state index in [0.717, 1.165) is 6.07 Å². The van der Waals surface area contributed by atoms with Crippen LogP contribution in [0.4, 0.5) is 38.0 Å². The molecule has 1 saturated carbocycles. The molecule has 1 fully saturated rings. The molecule has 0 atom stereocenters. The molecule has 0 saturated heterocycles. The zero-order chi connectivity index (χ0) is 15.9. The summed E-state index contributed by atoms with van der Waals surface area (Å²) in [4.78, 5) is 3.75. The number of hydrogen-bond acceptors (Lipinski definition) is 3. The first-order valence-electron chi connectivity index (χ1n) is 6.25. The third-order valence-electron chi connectivity index (χ3n) is 3.17. The monoisotopic (exact) mass is 313 g/mol. The molecule has 21 heavy (non-hydrogen) atoms. The lowest BCUT2D eigenvalue weighted by molar-refractivity contribution is -0.151. The molecule has 0 amide bonds. The smallest absolute Gasteiger partial charge is 0.370 e. The molecule has 1 aromatic rings. The molecule has 1 aliphatic carbocycles. The highest BCUT2D eigenvalue weighted by Crippen LogP contribution is 2.51. The second kappa shape index (κ2) is 4.96. The van der Waals surface area contributed by atoms with Gasteiger partial charge in [0.2, 0.25) is 0 Å². The molecule has 0 aliphatic heterocycles. The molecule has 3 nitrogen and oxygen atoms in total. The number of rotatable bonds is 4. The van der Waals surface area contributed by atoms with Crippen LogP contribution in [-0.4, -0.2) is 23.2 Å². The average molecular weight is 313 g/mol. The van der Waals surface area contributed by atoms with E-state index < -0.39 is 29.3 Å². The van der Waals surface area contributed by atoms with E-state index in [2.05, 4.69) is 15.6 Å². The predicted molar refractivity (Wildman–Crippen MR) is 65.0 cm³/mol. The lowest BCUT2D eigenvalue weighted by atomic mass is 10.2. The van der Waals surface area contributed by atoms with E-state index in [4.69, 9.17) is 0 Å². The van der Waals surface area contributed by atoms with Gasteiger partial charge in [-0.2, -0.15) is 26.3 Å². The van der Waals surface area contributed by atoms with Crippen LogP contribution in [0.2, 0.25) is 0 Å². The van der Waals surface area contributed by atoms with E-state index in [-0.39, 0.29) is 18.7 Å². The van der Waals surface area contributed by atoms with Gasteiger partial charge in [0.25, 0.3) is 0 Å². The van der Waals surface area contributed by atoms with Crippen LogP contribution >= 0.6 is 0 Å². The van der Waals surface area contributed by atoms with Crippen LogP contribution in [0.5, 0.6) is 0 Å². The maximum Gasteiger partial charge on any atom is 0.416 e. The van der Waals surface area contributed by atoms with Crippen molar-refractivity contribution in [1.29, 1.82) is 0 Å². The van der Waals surface area contributed by atoms with Crippen LogP contribution in [0.1, 0.15) is 25.3 Å². The maximum atomic E-state index is 12.8. The maximum absolute atomic E-state index is 12.8. The van der Waals surface area contributed by atoms with Crippen LogP contribution < -0.4 is 10.6 Å². The summed E-state index contributed by atoms with van der Waals surface area (Å²) in [5.74, 6) is -0.552. The van der Waals surface area contributed by atoms with Crippen molar-refractivity contribution in [3.05, 3.63) is 17.7 Å². The Labute approximate surface area is 116 Å². The fraction of sp³-hybridized carbons (Fsp3) is 0.583. The molecule has 118 valence electrons. The standard InChI is InChI=1S/C12H13F6N3/c1-2-19-8-5-7(11(13,14)15)6-9(20-8)21-10(3-4-10)12(16,17)18/h5-6H,2-4H2,1H3,(H2,19,20,21). The first-order chi connectivity index (χ1) is 9.57. The van der Waals surface area contributed by atoms with Crippen molar-refractivity contribution in [3.8, 4) is 0 Å². The zero-order valence-electron chi connectivity index (χ0n) is 11.0. The molecule has 1 aliphatic rings. The summed E-state index contributed by atoms with van der Waals surface area (Å²) in [5, 5.41) is 4.68. The zero-order valence-corrected chi connectivity index (χ0v) is 11.0. The third kappa shape index (κ3) is 3.33. The number of anilines is 2. The number of pyridine rings is 1. The van der Waals surface area contributed by atoms with E-state index in [1.54, 1.807) is 6.92 Å². The van der Waals surface area contributed by atoms with E-state index in [9.17, 15) is 26.3 Å². The summed E-state index contributed by atoms with van der Waals surface area (Å²) in [6, 6.07) is 1.36. The van der Waals surface area contributed by atoms with Crippen LogP contribution in [0.15, 0.2) is 12.1 Å². The number of halogens is 6. The highest BCUT2D eigenvalue weighted by molar-refractivity contribution is 5.52. The lowest BCUT2D eigenvalue weighted by Gasteiger charge is -2.22. The Morgan fingerprint density at radius 2 is 1.67 bits per heavy atom. The summed E-state index contributed by atoms with van der Waals surface area (Å²) in [7, 11) is 0. The number of aromatic nitrogens is 1. The van der Waals surface area contributed by atoms with Crippen LogP contribution in [0.3, 0.4) is 0 Å². The Bertz CT molecular complexity index is 519. The summed E-state index contributed by atoms with van der Waals surface area (Å²) >= 11 is 0. The molecule has 1 aromatic heterocycles. The SMILES string of the molecule is CCNc1cc(C(F)(F)F)cc(NC2(C(F)(F)F)CC2)n1. The second-order valence-electron chi connectivity index (χ2n) is 4.86. The van der Waals surface area contributed by atoms with Gasteiger partial charge in [0.1, 0.15) is 17.2 Å². The van der Waals surface area contributed by atoms with E-state index in [0.29, 0.717) is 12.6 Å². The molecule has 0 radical (unpaired) electrons. The normalized spacial score (nSPS) is 17.5. The number of nitrogens with zero attached hydrogens (tertiary/aromatic N) is 1. The van der Waals surface area contributed by atoms with E-state index in [1.807, 2.05) is 0 Å². The van der Waals surface area contributed by atoms with Crippen LogP contribution in [0, 0.1) is 0 Å². The minimum atomic E-state index is -4.65. The van der Waals surface area contributed by atoms with Gasteiger partial charge in [-0.05, 0) is 31.9 Å². The van der Waals surface area contributed by atoms with Gasteiger partial charge >= 0.3 is 12.4 Å². The number of hydrogen-bond donors (Lipinski definition) is 2. The average Bonchev–Trinajstić information content (AvgIpc) is 3.08. The largest absolute Gasteiger partial charge is 0.416 e. The summed E-state index contributed by atoms with van der Waals surface area (Å²) in [6.45, 7) is 1.95. The molecule has 9 heteroatoms. The Balaban J connectivity index is 2.33. The molecule has 2 N–H and O–H groups in total. The fourth-order valence-corrected chi connectivity index (χ4v) is 1.88. The molecule has 0 bridgehead atoms. The van der Waals surface area contributed by atoms with Crippen molar-refractivity contribution >= 4 is 11.6 Å². The van der Waals surface area contributed by atoms with Gasteiger partial charge in [-0.3, -0.25) is 0 Å². The van der Waals surface area contributed by atoms with Gasteiger partial charge in [-0.15, -0.1) is 0 Å². The summed E-state index contributed by atoms with van der Waals surface area (Å²) < 4.78 is 76.8. The van der Waals surface area contributed by atoms with E-state index in [1.165, 1.54) is 0 Å². The first kappa shape index (κ1) is 15.7. The van der Waals surface area contributed by atoms with Crippen molar-refractivity contribution in [1.82, 2.24) is 4.98 Å². The van der Waals surface area contributed by atoms with Gasteiger partial charge in [-0.25, -0.2) is 4.98 Å². The van der Waals surface area contributed by atoms with Gasteiger partial charge in [0, 0.05) is 6.54 Å². The number of nitrogens with one attached hydrogen (secondary N) is 2. The minimum absolute atomic E-state index is 0.118. The molecular formula is C12H13F6N3. The third-order valence-corrected chi connectivity index (χ3v) is 3.17. The van der Waals surface area contributed by atoms with Gasteiger partial charge in [0.05, 0.1) is 5.56 Å². The summed E-state index contributed by atoms with van der Waals surface area (Å²) in [6.07, 6.45) is -9.53. The Kier molecular flexibility index (Phi) is 3.71. The van der Waals surface area contributed by atoms with Gasteiger partial charge in [0.15, 0.2) is 0 Å². The molecular weight excluding hydrogens is 300 g/mol. The Morgan fingerprint density at radius 3 is 2.10 bits per heavy atom. The van der Waals surface area contributed by atoms with Crippen molar-refractivity contribution in [3.63, 3.8) is 0 Å². The highest BCUT2D eigenvalue weighted by Gasteiger charge is 2.63. The molecule has 0 spiro atoms. The molecule has 0 aromatic carbocycles. The topological polar surface area (TPSA) is 37.0 Å². The summed E-state index contributed by atoms with van der Waals surface area (Å²) in [5.41, 5.74) is -3.21. The minimum Gasteiger partial charge on any atom is -0.370 e. The quantitative estimate of drug-likeness (QED) is 0.824. The van der Waals surface area contributed by atoms with Crippen molar-refractivity contribution in [2.24, 2.45) is 0 Å². The number of alkyl halides is 6. The molecule has 0 unspecified atom stereocenters. The van der Waals surface area contributed by atoms with Crippen molar-refractivity contribution < 1.29 is 26.3 Å². The van der Waals surface area contributed by atoms with E-state index >= 15 is 0 Å². The lowest BCUT2D eigenvalue weighted by Crippen LogP contribution is -2.39. The molecule has 2 rings (SSSR count). The van der Waals surface area contributed by atoms with Crippen LogP contribution in [0.25, 0.3) is 0 Å². The van der Waals surface area contributed by atoms with Crippen LogP contribution in [-0.2, 0) is 6.18 Å². The van der Waals surface area contributed by atoms with Gasteiger partial charge < -0.3 is 10.6 Å². The first-order valence-corrected chi connectivity index (χ1v) is 6.25. The fourth-order valence-electron chi connectivity index (χ4n) is 1.88. The predicted octanol–water partition coefficient (Wildman–Crippen LogP) is 4.04. The highest BCUT2D eigenvalue weighted by atomic mass is 19.4. The van der Waals surface area contributed by atoms with Crippen molar-refractivity contribution in [2.45, 2.75) is 37.7 Å². The Hall–Kier alpha value is -1.67. The van der Waals surface area contributed by atoms with Crippen molar-refractivity contribution in [2.75, 3.05) is 17.2 Å². The van der Waals surface area contributed by atoms with Gasteiger partial charge in [-0.1, -0.05) is 0 Å². The molecule has 1 heterocycles. The Morgan fingerprint density at radius 1 is 1.10 bits per heavy atom.